The van der Waals surface area contributed by atoms with E-state index in [4.69, 9.17) is 4.74 Å². The summed E-state index contributed by atoms with van der Waals surface area (Å²) >= 11 is 1.38. The summed E-state index contributed by atoms with van der Waals surface area (Å²) < 4.78 is 9.97. The topological polar surface area (TPSA) is 60.5 Å². The largest absolute Gasteiger partial charge is 0.464 e. The maximum Gasteiger partial charge on any atom is 0.357 e. The van der Waals surface area contributed by atoms with Crippen molar-refractivity contribution in [2.75, 3.05) is 32.2 Å². The zero-order valence-corrected chi connectivity index (χ0v) is 11.0. The van der Waals surface area contributed by atoms with Crippen molar-refractivity contribution in [3.63, 3.8) is 0 Å². The lowest BCUT2D eigenvalue weighted by molar-refractivity contribution is 0.0595. The van der Waals surface area contributed by atoms with Gasteiger partial charge in [-0.2, -0.15) is 0 Å². The molecule has 96 valence electrons. The summed E-state index contributed by atoms with van der Waals surface area (Å²) in [4.78, 5) is 15.2. The quantitative estimate of drug-likeness (QED) is 0.572. The van der Waals surface area contributed by atoms with Crippen LogP contribution < -0.4 is 5.32 Å². The van der Waals surface area contributed by atoms with Gasteiger partial charge in [-0.3, -0.25) is 0 Å². The van der Waals surface area contributed by atoms with Gasteiger partial charge in [0.1, 0.15) is 0 Å². The molecule has 0 saturated carbocycles. The van der Waals surface area contributed by atoms with Gasteiger partial charge < -0.3 is 14.8 Å². The molecule has 0 aliphatic heterocycles. The van der Waals surface area contributed by atoms with Crippen molar-refractivity contribution in [2.45, 2.75) is 19.8 Å². The predicted molar refractivity (Wildman–Crippen MR) is 67.7 cm³/mol. The number of aromatic nitrogens is 1. The van der Waals surface area contributed by atoms with Crippen LogP contribution in [-0.2, 0) is 9.47 Å². The Morgan fingerprint density at radius 2 is 2.35 bits per heavy atom. The van der Waals surface area contributed by atoms with Crippen LogP contribution in [0.5, 0.6) is 0 Å². The Hall–Kier alpha value is -1.14. The zero-order valence-electron chi connectivity index (χ0n) is 10.2. The first-order valence-corrected chi connectivity index (χ1v) is 6.51. The number of carbonyl (C=O) groups is 1. The van der Waals surface area contributed by atoms with Gasteiger partial charge in [0.25, 0.3) is 0 Å². The lowest BCUT2D eigenvalue weighted by Gasteiger charge is -2.03. The van der Waals surface area contributed by atoms with Crippen LogP contribution in [0.2, 0.25) is 0 Å². The maximum atomic E-state index is 11.1. The summed E-state index contributed by atoms with van der Waals surface area (Å²) in [7, 11) is 1.34. The Morgan fingerprint density at radius 1 is 1.53 bits per heavy atom. The molecule has 0 saturated heterocycles. The van der Waals surface area contributed by atoms with E-state index in [1.807, 2.05) is 0 Å². The van der Waals surface area contributed by atoms with Crippen LogP contribution >= 0.6 is 11.3 Å². The van der Waals surface area contributed by atoms with Crippen molar-refractivity contribution in [1.82, 2.24) is 4.98 Å². The molecule has 6 heteroatoms. The monoisotopic (exact) mass is 258 g/mol. The van der Waals surface area contributed by atoms with E-state index >= 15 is 0 Å². The Kier molecular flexibility index (Phi) is 6.57. The Bertz CT molecular complexity index is 341. The van der Waals surface area contributed by atoms with Crippen molar-refractivity contribution in [3.8, 4) is 0 Å². The van der Waals surface area contributed by atoms with Gasteiger partial charge >= 0.3 is 5.97 Å². The van der Waals surface area contributed by atoms with Crippen LogP contribution in [-0.4, -0.2) is 37.8 Å². The number of ether oxygens (including phenoxy) is 2. The van der Waals surface area contributed by atoms with Crippen LogP contribution in [0.1, 0.15) is 30.3 Å². The van der Waals surface area contributed by atoms with Crippen molar-refractivity contribution >= 4 is 22.4 Å². The van der Waals surface area contributed by atoms with Gasteiger partial charge in [0.15, 0.2) is 10.8 Å². The highest BCUT2D eigenvalue weighted by Crippen LogP contribution is 2.15. The second-order valence-corrected chi connectivity index (χ2v) is 4.28. The van der Waals surface area contributed by atoms with Gasteiger partial charge in [-0.05, 0) is 6.42 Å². The average molecular weight is 258 g/mol. The third kappa shape index (κ3) is 5.14. The molecule has 1 aromatic heterocycles. The fraction of sp³-hybridized carbons (Fsp3) is 0.636. The van der Waals surface area contributed by atoms with E-state index in [1.54, 1.807) is 5.38 Å². The Balaban J connectivity index is 2.19. The van der Waals surface area contributed by atoms with E-state index in [0.717, 1.165) is 19.4 Å². The first kappa shape index (κ1) is 13.9. The van der Waals surface area contributed by atoms with Gasteiger partial charge in [-0.1, -0.05) is 13.3 Å². The first-order chi connectivity index (χ1) is 8.27. The number of nitrogens with one attached hydrogen (secondary N) is 1. The minimum Gasteiger partial charge on any atom is -0.464 e. The molecule has 0 atom stereocenters. The molecular formula is C11H18N2O3S. The highest BCUT2D eigenvalue weighted by atomic mass is 32.1. The molecule has 0 amide bonds. The fourth-order valence-electron chi connectivity index (χ4n) is 1.13. The fourth-order valence-corrected chi connectivity index (χ4v) is 1.84. The molecule has 1 N–H and O–H groups in total. The zero-order chi connectivity index (χ0) is 12.5. The summed E-state index contributed by atoms with van der Waals surface area (Å²) in [6.45, 7) is 4.26. The lowest BCUT2D eigenvalue weighted by Crippen LogP contribution is -2.10. The summed E-state index contributed by atoms with van der Waals surface area (Å²) in [6, 6.07) is 0. The molecule has 0 radical (unpaired) electrons. The van der Waals surface area contributed by atoms with Crippen molar-refractivity contribution in [1.29, 1.82) is 0 Å². The summed E-state index contributed by atoms with van der Waals surface area (Å²) in [6.07, 6.45) is 2.23. The van der Waals surface area contributed by atoms with Crippen LogP contribution in [0, 0.1) is 0 Å². The van der Waals surface area contributed by atoms with Gasteiger partial charge in [-0.15, -0.1) is 11.3 Å². The van der Waals surface area contributed by atoms with Gasteiger partial charge in [0.05, 0.1) is 13.7 Å². The van der Waals surface area contributed by atoms with Crippen LogP contribution in [0.4, 0.5) is 5.13 Å². The van der Waals surface area contributed by atoms with Crippen molar-refractivity contribution in [3.05, 3.63) is 11.1 Å². The highest BCUT2D eigenvalue weighted by Gasteiger charge is 2.09. The molecule has 0 aromatic carbocycles. The van der Waals surface area contributed by atoms with E-state index in [2.05, 4.69) is 22.0 Å². The molecule has 5 nitrogen and oxygen atoms in total. The second-order valence-electron chi connectivity index (χ2n) is 3.42. The highest BCUT2D eigenvalue weighted by molar-refractivity contribution is 7.13. The standard InChI is InChI=1S/C11H18N2O3S/c1-3-4-6-16-7-5-12-11-13-9(8-17-11)10(14)15-2/h8H,3-7H2,1-2H3,(H,12,13). The van der Waals surface area contributed by atoms with E-state index < -0.39 is 5.97 Å². The average Bonchev–Trinajstić information content (AvgIpc) is 2.81. The van der Waals surface area contributed by atoms with Crippen LogP contribution in [0.3, 0.4) is 0 Å². The molecule has 0 aliphatic rings. The minimum absolute atomic E-state index is 0.340. The summed E-state index contributed by atoms with van der Waals surface area (Å²) in [5.74, 6) is -0.409. The number of thiazole rings is 1. The molecular weight excluding hydrogens is 240 g/mol. The van der Waals surface area contributed by atoms with E-state index in [1.165, 1.54) is 18.4 Å². The summed E-state index contributed by atoms with van der Waals surface area (Å²) in [5.41, 5.74) is 0.340. The minimum atomic E-state index is -0.409. The van der Waals surface area contributed by atoms with E-state index in [0.29, 0.717) is 24.0 Å². The molecule has 1 aromatic rings. The van der Waals surface area contributed by atoms with E-state index in [-0.39, 0.29) is 0 Å². The van der Waals surface area contributed by atoms with Crippen molar-refractivity contribution < 1.29 is 14.3 Å². The third-order valence-electron chi connectivity index (χ3n) is 2.06. The smallest absolute Gasteiger partial charge is 0.357 e. The molecule has 1 rings (SSSR count). The number of anilines is 1. The Labute approximate surface area is 105 Å². The number of methoxy groups -OCH3 is 1. The maximum absolute atomic E-state index is 11.1. The predicted octanol–water partition coefficient (Wildman–Crippen LogP) is 2.16. The Morgan fingerprint density at radius 3 is 3.06 bits per heavy atom. The molecule has 0 fully saturated rings. The lowest BCUT2D eigenvalue weighted by atomic mass is 10.4. The van der Waals surface area contributed by atoms with E-state index in [9.17, 15) is 4.79 Å². The molecule has 0 bridgehead atoms. The molecule has 17 heavy (non-hydrogen) atoms. The third-order valence-corrected chi connectivity index (χ3v) is 2.86. The summed E-state index contributed by atoms with van der Waals surface area (Å²) in [5, 5.41) is 5.48. The second kappa shape index (κ2) is 8.03. The van der Waals surface area contributed by atoms with Crippen molar-refractivity contribution in [2.24, 2.45) is 0 Å². The molecule has 1 heterocycles. The normalized spacial score (nSPS) is 10.2. The van der Waals surface area contributed by atoms with Crippen LogP contribution in [0.15, 0.2) is 5.38 Å². The number of unbranched alkanes of at least 4 members (excludes halogenated alkanes) is 1. The van der Waals surface area contributed by atoms with Crippen LogP contribution in [0.25, 0.3) is 0 Å². The SMILES string of the molecule is CCCCOCCNc1nc(C(=O)OC)cs1. The van der Waals surface area contributed by atoms with Gasteiger partial charge in [-0.25, -0.2) is 9.78 Å². The van der Waals surface area contributed by atoms with Gasteiger partial charge in [0.2, 0.25) is 0 Å². The number of esters is 1. The number of carbonyl (C=O) groups excluding carboxylic acids is 1. The van der Waals surface area contributed by atoms with Gasteiger partial charge in [0, 0.05) is 18.5 Å². The number of hydrogen-bond acceptors (Lipinski definition) is 6. The number of hydrogen-bond donors (Lipinski definition) is 1. The first-order valence-electron chi connectivity index (χ1n) is 5.63. The number of nitrogens with zero attached hydrogens (tertiary/aromatic N) is 1. The molecule has 0 aliphatic carbocycles. The number of rotatable bonds is 8. The molecule has 0 unspecified atom stereocenters. The molecule has 0 spiro atoms.